The largest absolute Gasteiger partial charge is 0.457 e. The molecule has 0 bridgehead atoms. The van der Waals surface area contributed by atoms with Gasteiger partial charge in [-0.05, 0) is 42.8 Å². The summed E-state index contributed by atoms with van der Waals surface area (Å²) in [6.07, 6.45) is 1.10. The van der Waals surface area contributed by atoms with Gasteiger partial charge in [-0.3, -0.25) is 4.99 Å². The highest BCUT2D eigenvalue weighted by Gasteiger charge is 2.16. The number of ether oxygens (including phenoxy) is 1. The fourth-order valence-electron chi connectivity index (χ4n) is 2.05. The number of aliphatic imine (C=N–C) groups is 1. The Bertz CT molecular complexity index is 610. The van der Waals surface area contributed by atoms with Gasteiger partial charge in [0, 0.05) is 11.4 Å². The average Bonchev–Trinajstić information content (AvgIpc) is 2.98. The molecule has 0 fully saturated rings. The van der Waals surface area contributed by atoms with Crippen LogP contribution in [-0.4, -0.2) is 17.0 Å². The smallest absolute Gasteiger partial charge is 0.161 e. The van der Waals surface area contributed by atoms with E-state index in [4.69, 9.17) is 4.74 Å². The van der Waals surface area contributed by atoms with E-state index in [0.717, 1.165) is 34.5 Å². The van der Waals surface area contributed by atoms with E-state index < -0.39 is 0 Å². The summed E-state index contributed by atoms with van der Waals surface area (Å²) in [6, 6.07) is 18.2. The molecule has 1 atom stereocenters. The fourth-order valence-corrected chi connectivity index (χ4v) is 3.12. The number of anilines is 1. The van der Waals surface area contributed by atoms with Crippen LogP contribution in [0.2, 0.25) is 0 Å². The molecule has 0 amide bonds. The zero-order valence-corrected chi connectivity index (χ0v) is 12.8. The molecule has 4 heteroatoms. The maximum absolute atomic E-state index is 5.77. The summed E-state index contributed by atoms with van der Waals surface area (Å²) in [5.41, 5.74) is 1.04. The number of nitrogens with one attached hydrogen (secondary N) is 1. The predicted molar refractivity (Wildman–Crippen MR) is 90.6 cm³/mol. The average molecular weight is 298 g/mol. The third kappa shape index (κ3) is 3.79. The first-order valence-electron chi connectivity index (χ1n) is 7.14. The molecule has 0 saturated carbocycles. The molecule has 0 aliphatic carbocycles. The van der Waals surface area contributed by atoms with Crippen molar-refractivity contribution in [3.05, 3.63) is 54.6 Å². The van der Waals surface area contributed by atoms with Crippen molar-refractivity contribution in [1.82, 2.24) is 0 Å². The van der Waals surface area contributed by atoms with Gasteiger partial charge in [-0.25, -0.2) is 0 Å². The SMILES string of the molecule is CCC1CSC(Nc2ccc(Oc3ccccc3)cc2)=N1. The molecule has 1 aliphatic rings. The van der Waals surface area contributed by atoms with E-state index in [0.29, 0.717) is 6.04 Å². The predicted octanol–water partition coefficient (Wildman–Crippen LogP) is 4.77. The number of hydrogen-bond acceptors (Lipinski definition) is 4. The second-order valence-electron chi connectivity index (χ2n) is 4.87. The molecule has 21 heavy (non-hydrogen) atoms. The van der Waals surface area contributed by atoms with Crippen molar-refractivity contribution in [2.75, 3.05) is 11.1 Å². The second-order valence-corrected chi connectivity index (χ2v) is 5.88. The molecule has 3 nitrogen and oxygen atoms in total. The van der Waals surface area contributed by atoms with Gasteiger partial charge < -0.3 is 10.1 Å². The van der Waals surface area contributed by atoms with Crippen LogP contribution in [0.5, 0.6) is 11.5 Å². The van der Waals surface area contributed by atoms with Crippen LogP contribution < -0.4 is 10.1 Å². The summed E-state index contributed by atoms with van der Waals surface area (Å²) >= 11 is 1.78. The van der Waals surface area contributed by atoms with Gasteiger partial charge >= 0.3 is 0 Å². The third-order valence-electron chi connectivity index (χ3n) is 3.27. The number of para-hydroxylation sites is 1. The molecule has 1 N–H and O–H groups in total. The molecule has 1 unspecified atom stereocenters. The molecule has 1 aliphatic heterocycles. The number of nitrogens with zero attached hydrogens (tertiary/aromatic N) is 1. The van der Waals surface area contributed by atoms with Crippen LogP contribution in [0.25, 0.3) is 0 Å². The molecule has 2 aromatic carbocycles. The highest BCUT2D eigenvalue weighted by Crippen LogP contribution is 2.25. The summed E-state index contributed by atoms with van der Waals surface area (Å²) in [5.74, 6) is 2.76. The van der Waals surface area contributed by atoms with E-state index in [9.17, 15) is 0 Å². The lowest BCUT2D eigenvalue weighted by atomic mass is 10.3. The number of benzene rings is 2. The van der Waals surface area contributed by atoms with Crippen molar-refractivity contribution in [2.45, 2.75) is 19.4 Å². The number of thioether (sulfide) groups is 1. The topological polar surface area (TPSA) is 33.6 Å². The Kier molecular flexibility index (Phi) is 4.46. The first kappa shape index (κ1) is 14.0. The van der Waals surface area contributed by atoms with Gasteiger partial charge in [0.2, 0.25) is 0 Å². The Morgan fingerprint density at radius 3 is 2.48 bits per heavy atom. The second kappa shape index (κ2) is 6.68. The standard InChI is InChI=1S/C17H18N2OS/c1-2-13-12-21-17(18-13)19-14-8-10-16(11-9-14)20-15-6-4-3-5-7-15/h3-11,13H,2,12H2,1H3,(H,18,19). The van der Waals surface area contributed by atoms with E-state index in [2.05, 4.69) is 17.2 Å². The number of amidine groups is 1. The van der Waals surface area contributed by atoms with Crippen LogP contribution in [0.15, 0.2) is 59.6 Å². The van der Waals surface area contributed by atoms with Crippen LogP contribution in [0.3, 0.4) is 0 Å². The molecule has 3 rings (SSSR count). The van der Waals surface area contributed by atoms with Gasteiger partial charge in [0.1, 0.15) is 11.5 Å². The quantitative estimate of drug-likeness (QED) is 0.882. The van der Waals surface area contributed by atoms with Crippen molar-refractivity contribution in [3.8, 4) is 11.5 Å². The highest BCUT2D eigenvalue weighted by atomic mass is 32.2. The van der Waals surface area contributed by atoms with Gasteiger partial charge in [-0.15, -0.1) is 0 Å². The lowest BCUT2D eigenvalue weighted by Gasteiger charge is -2.08. The summed E-state index contributed by atoms with van der Waals surface area (Å²) in [7, 11) is 0. The Hall–Kier alpha value is -1.94. The minimum Gasteiger partial charge on any atom is -0.457 e. The van der Waals surface area contributed by atoms with Crippen molar-refractivity contribution >= 4 is 22.6 Å². The van der Waals surface area contributed by atoms with E-state index >= 15 is 0 Å². The Morgan fingerprint density at radius 1 is 1.10 bits per heavy atom. The van der Waals surface area contributed by atoms with Gasteiger partial charge in [0.05, 0.1) is 6.04 Å². The molecular formula is C17H18N2OS. The molecule has 0 aromatic heterocycles. The Morgan fingerprint density at radius 2 is 1.81 bits per heavy atom. The normalized spacial score (nSPS) is 17.4. The summed E-state index contributed by atoms with van der Waals surface area (Å²) in [5, 5.41) is 4.37. The Labute approximate surface area is 129 Å². The molecule has 0 radical (unpaired) electrons. The van der Waals surface area contributed by atoms with Crippen molar-refractivity contribution in [3.63, 3.8) is 0 Å². The first-order chi connectivity index (χ1) is 10.3. The van der Waals surface area contributed by atoms with E-state index in [1.54, 1.807) is 11.8 Å². The highest BCUT2D eigenvalue weighted by molar-refractivity contribution is 8.14. The van der Waals surface area contributed by atoms with Crippen molar-refractivity contribution in [2.24, 2.45) is 4.99 Å². The fraction of sp³-hybridized carbons (Fsp3) is 0.235. The Balaban J connectivity index is 1.62. The van der Waals surface area contributed by atoms with Crippen LogP contribution in [0.1, 0.15) is 13.3 Å². The number of hydrogen-bond donors (Lipinski definition) is 1. The molecular weight excluding hydrogens is 280 g/mol. The lowest BCUT2D eigenvalue weighted by molar-refractivity contribution is 0.483. The van der Waals surface area contributed by atoms with Crippen LogP contribution in [-0.2, 0) is 0 Å². The minimum absolute atomic E-state index is 0.457. The molecule has 2 aromatic rings. The van der Waals surface area contributed by atoms with E-state index in [1.165, 1.54) is 0 Å². The molecule has 0 saturated heterocycles. The molecule has 0 spiro atoms. The van der Waals surface area contributed by atoms with Gasteiger partial charge in [0.25, 0.3) is 0 Å². The first-order valence-corrected chi connectivity index (χ1v) is 8.12. The molecule has 1 heterocycles. The van der Waals surface area contributed by atoms with Gasteiger partial charge in [-0.2, -0.15) is 0 Å². The van der Waals surface area contributed by atoms with Gasteiger partial charge in [-0.1, -0.05) is 36.9 Å². The van der Waals surface area contributed by atoms with Crippen molar-refractivity contribution in [1.29, 1.82) is 0 Å². The van der Waals surface area contributed by atoms with E-state index in [1.807, 2.05) is 54.6 Å². The molecule has 108 valence electrons. The number of rotatable bonds is 4. The van der Waals surface area contributed by atoms with Crippen molar-refractivity contribution < 1.29 is 4.74 Å². The van der Waals surface area contributed by atoms with Crippen LogP contribution in [0.4, 0.5) is 5.69 Å². The van der Waals surface area contributed by atoms with Crippen LogP contribution >= 0.6 is 11.8 Å². The third-order valence-corrected chi connectivity index (χ3v) is 4.30. The monoisotopic (exact) mass is 298 g/mol. The summed E-state index contributed by atoms with van der Waals surface area (Å²) in [4.78, 5) is 4.63. The minimum atomic E-state index is 0.457. The zero-order valence-electron chi connectivity index (χ0n) is 12.0. The van der Waals surface area contributed by atoms with Gasteiger partial charge in [0.15, 0.2) is 5.17 Å². The maximum atomic E-state index is 5.77. The summed E-state index contributed by atoms with van der Waals surface area (Å²) in [6.45, 7) is 2.17. The zero-order chi connectivity index (χ0) is 14.5. The van der Waals surface area contributed by atoms with Crippen LogP contribution in [0, 0.1) is 0 Å². The van der Waals surface area contributed by atoms with E-state index in [-0.39, 0.29) is 0 Å². The lowest BCUT2D eigenvalue weighted by Crippen LogP contribution is -2.05. The maximum Gasteiger partial charge on any atom is 0.161 e. The summed E-state index contributed by atoms with van der Waals surface area (Å²) < 4.78 is 5.77.